The number of benzene rings is 1. The predicted molar refractivity (Wildman–Crippen MR) is 61.7 cm³/mol. The smallest absolute Gasteiger partial charge is 0.137 e. The Balaban J connectivity index is 4.13. The third kappa shape index (κ3) is 1.53. The van der Waals surface area contributed by atoms with E-state index in [0.29, 0.717) is 21.6 Å². The van der Waals surface area contributed by atoms with Crippen LogP contribution in [-0.2, 0) is 0 Å². The van der Waals surface area contributed by atoms with Crippen LogP contribution in [0.5, 0.6) is 5.75 Å². The second kappa shape index (κ2) is 4.08. The molecule has 0 aliphatic carbocycles. The topological polar surface area (TPSA) is 67.8 Å². The summed E-state index contributed by atoms with van der Waals surface area (Å²) in [5.74, 6) is 0.182. The summed E-state index contributed by atoms with van der Waals surface area (Å²) in [6, 6.07) is 3.72. The average molecular weight is 212 g/mol. The number of nitrogens with zero attached hydrogens (tertiary/aromatic N) is 2. The van der Waals surface area contributed by atoms with Gasteiger partial charge in [0.05, 0.1) is 0 Å². The van der Waals surface area contributed by atoms with Gasteiger partial charge < -0.3 is 5.11 Å². The van der Waals surface area contributed by atoms with Gasteiger partial charge in [-0.05, 0) is 42.7 Å². The van der Waals surface area contributed by atoms with Crippen LogP contribution < -0.4 is 10.4 Å². The van der Waals surface area contributed by atoms with E-state index in [2.05, 4.69) is 6.58 Å². The Bertz CT molecular complexity index is 627. The largest absolute Gasteiger partial charge is 0.507 e. The van der Waals surface area contributed by atoms with Gasteiger partial charge in [-0.15, -0.1) is 0 Å². The van der Waals surface area contributed by atoms with Gasteiger partial charge in [-0.2, -0.15) is 10.5 Å². The molecule has 16 heavy (non-hydrogen) atoms. The van der Waals surface area contributed by atoms with Crippen LogP contribution in [0.4, 0.5) is 0 Å². The van der Waals surface area contributed by atoms with E-state index in [0.717, 1.165) is 5.56 Å². The first-order valence-corrected chi connectivity index (χ1v) is 4.77. The fourth-order valence-corrected chi connectivity index (χ4v) is 1.68. The van der Waals surface area contributed by atoms with Crippen molar-refractivity contribution in [3.05, 3.63) is 27.1 Å². The van der Waals surface area contributed by atoms with Crippen molar-refractivity contribution >= 4 is 12.2 Å². The van der Waals surface area contributed by atoms with Gasteiger partial charge in [-0.3, -0.25) is 0 Å². The molecule has 0 spiro atoms. The highest BCUT2D eigenvalue weighted by Crippen LogP contribution is 2.18. The van der Waals surface area contributed by atoms with E-state index >= 15 is 0 Å². The minimum atomic E-state index is 0.0358. The molecule has 1 N–H and O–H groups in total. The van der Waals surface area contributed by atoms with Crippen LogP contribution in [0.25, 0.3) is 12.2 Å². The third-order valence-corrected chi connectivity index (χ3v) is 2.88. The quantitative estimate of drug-likeness (QED) is 0.695. The molecule has 0 atom stereocenters. The van der Waals surface area contributed by atoms with E-state index in [1.54, 1.807) is 20.8 Å². The van der Waals surface area contributed by atoms with Crippen molar-refractivity contribution in [2.75, 3.05) is 0 Å². The summed E-state index contributed by atoms with van der Waals surface area (Å²) in [6.45, 7) is 9.07. The maximum atomic E-state index is 9.80. The van der Waals surface area contributed by atoms with Gasteiger partial charge in [0.2, 0.25) is 0 Å². The highest BCUT2D eigenvalue weighted by molar-refractivity contribution is 5.74. The van der Waals surface area contributed by atoms with Crippen LogP contribution in [0.1, 0.15) is 16.7 Å². The fourth-order valence-electron chi connectivity index (χ4n) is 1.68. The maximum Gasteiger partial charge on any atom is 0.137 e. The minimum absolute atomic E-state index is 0.0358. The molecule has 1 aromatic carbocycles. The van der Waals surface area contributed by atoms with E-state index in [4.69, 9.17) is 10.5 Å². The lowest BCUT2D eigenvalue weighted by molar-refractivity contribution is 0.465. The monoisotopic (exact) mass is 212 g/mol. The zero-order valence-corrected chi connectivity index (χ0v) is 9.55. The van der Waals surface area contributed by atoms with Crippen molar-refractivity contribution in [1.82, 2.24) is 0 Å². The molecular formula is C13H12N2O. The molecule has 0 aliphatic rings. The first kappa shape index (κ1) is 11.8. The molecule has 0 saturated heterocycles. The summed E-state index contributed by atoms with van der Waals surface area (Å²) < 4.78 is 0. The van der Waals surface area contributed by atoms with E-state index in [1.165, 1.54) is 0 Å². The first-order valence-electron chi connectivity index (χ1n) is 4.77. The normalized spacial score (nSPS) is 9.31. The fraction of sp³-hybridized carbons (Fsp3) is 0.231. The van der Waals surface area contributed by atoms with Gasteiger partial charge in [0.1, 0.15) is 23.5 Å². The number of hydrogen-bond donors (Lipinski definition) is 1. The van der Waals surface area contributed by atoms with Crippen LogP contribution >= 0.6 is 0 Å². The lowest BCUT2D eigenvalue weighted by Crippen LogP contribution is -2.31. The molecule has 1 aromatic rings. The van der Waals surface area contributed by atoms with Crippen LogP contribution in [0.2, 0.25) is 0 Å². The number of hydrogen-bond acceptors (Lipinski definition) is 3. The first-order chi connectivity index (χ1) is 7.45. The Kier molecular flexibility index (Phi) is 3.01. The van der Waals surface area contributed by atoms with E-state index in [1.807, 2.05) is 12.1 Å². The zero-order valence-electron chi connectivity index (χ0n) is 9.55. The van der Waals surface area contributed by atoms with Crippen LogP contribution in [-0.4, -0.2) is 5.11 Å². The molecule has 1 rings (SSSR count). The molecule has 80 valence electrons. The molecule has 0 fully saturated rings. The molecule has 0 heterocycles. The van der Waals surface area contributed by atoms with Crippen molar-refractivity contribution in [3.63, 3.8) is 0 Å². The zero-order chi connectivity index (χ0) is 12.5. The standard InChI is InChI=1S/C13H12N2O/c1-7-9(3)13(16)10(4)8(2)12(7)11(5-14)6-15/h16H,1H2,2-4H3. The summed E-state index contributed by atoms with van der Waals surface area (Å²) in [5, 5.41) is 28.6. The summed E-state index contributed by atoms with van der Waals surface area (Å²) in [4.78, 5) is 0. The van der Waals surface area contributed by atoms with Gasteiger partial charge in [0, 0.05) is 5.22 Å². The second-order valence-electron chi connectivity index (χ2n) is 3.68. The summed E-state index contributed by atoms with van der Waals surface area (Å²) in [6.07, 6.45) is 0. The number of rotatable bonds is 0. The number of aromatic hydroxyl groups is 1. The molecule has 0 radical (unpaired) electrons. The Morgan fingerprint density at radius 2 is 1.56 bits per heavy atom. The molecule has 0 amide bonds. The van der Waals surface area contributed by atoms with Crippen LogP contribution in [0, 0.1) is 43.4 Å². The minimum Gasteiger partial charge on any atom is -0.507 e. The Morgan fingerprint density at radius 3 is 2.00 bits per heavy atom. The van der Waals surface area contributed by atoms with Crippen molar-refractivity contribution in [2.45, 2.75) is 20.8 Å². The van der Waals surface area contributed by atoms with Gasteiger partial charge >= 0.3 is 0 Å². The molecule has 0 aromatic heterocycles. The number of phenolic OH excluding ortho intramolecular Hbond substituents is 1. The summed E-state index contributed by atoms with van der Waals surface area (Å²) >= 11 is 0. The number of nitriles is 2. The van der Waals surface area contributed by atoms with Gasteiger partial charge in [0.25, 0.3) is 0 Å². The van der Waals surface area contributed by atoms with E-state index < -0.39 is 0 Å². The summed E-state index contributed by atoms with van der Waals surface area (Å²) in [5.41, 5.74) is 2.06. The van der Waals surface area contributed by atoms with Gasteiger partial charge in [0.15, 0.2) is 0 Å². The Labute approximate surface area is 94.2 Å². The molecule has 0 bridgehead atoms. The highest BCUT2D eigenvalue weighted by Gasteiger charge is 2.10. The molecule has 0 aliphatic heterocycles. The van der Waals surface area contributed by atoms with Crippen molar-refractivity contribution in [2.24, 2.45) is 0 Å². The van der Waals surface area contributed by atoms with Crippen molar-refractivity contribution < 1.29 is 5.11 Å². The van der Waals surface area contributed by atoms with Gasteiger partial charge in [-0.25, -0.2) is 0 Å². The van der Waals surface area contributed by atoms with E-state index in [9.17, 15) is 5.11 Å². The van der Waals surface area contributed by atoms with Crippen LogP contribution in [0.15, 0.2) is 0 Å². The number of phenols is 1. The molecule has 0 unspecified atom stereocenters. The van der Waals surface area contributed by atoms with Crippen molar-refractivity contribution in [3.8, 4) is 17.9 Å². The Morgan fingerprint density at radius 1 is 1.06 bits per heavy atom. The third-order valence-electron chi connectivity index (χ3n) is 2.88. The molecule has 3 nitrogen and oxygen atoms in total. The lowest BCUT2D eigenvalue weighted by atomic mass is 9.97. The average Bonchev–Trinajstić information content (AvgIpc) is 2.29. The van der Waals surface area contributed by atoms with E-state index in [-0.39, 0.29) is 11.3 Å². The molecular weight excluding hydrogens is 200 g/mol. The maximum absolute atomic E-state index is 9.80. The molecule has 3 heteroatoms. The SMILES string of the molecule is C=c1c(C)c(O)c(C)c(C)c1=C(C#N)C#N. The van der Waals surface area contributed by atoms with Crippen molar-refractivity contribution in [1.29, 1.82) is 10.5 Å². The summed E-state index contributed by atoms with van der Waals surface area (Å²) in [7, 11) is 0. The molecule has 0 saturated carbocycles. The van der Waals surface area contributed by atoms with Gasteiger partial charge in [-0.1, -0.05) is 6.58 Å². The lowest BCUT2D eigenvalue weighted by Gasteiger charge is -2.08. The second-order valence-corrected chi connectivity index (χ2v) is 3.68. The highest BCUT2D eigenvalue weighted by atomic mass is 16.3. The Hall–Kier alpha value is -2.26. The van der Waals surface area contributed by atoms with Crippen LogP contribution in [0.3, 0.4) is 0 Å². The predicted octanol–water partition coefficient (Wildman–Crippen LogP) is 0.926.